The van der Waals surface area contributed by atoms with E-state index in [-0.39, 0.29) is 17.6 Å². The molecule has 1 fully saturated rings. The molecule has 1 amide bonds. The smallest absolute Gasteiger partial charge is 0.253 e. The minimum absolute atomic E-state index is 0.0114. The predicted molar refractivity (Wildman–Crippen MR) is 102 cm³/mol. The second-order valence-electron chi connectivity index (χ2n) is 6.95. The first-order valence-corrected chi connectivity index (χ1v) is 9.32. The molecule has 0 bridgehead atoms. The number of carbonyl (C=O) groups excluding carboxylic acids is 1. The zero-order valence-corrected chi connectivity index (χ0v) is 15.3. The molecule has 1 unspecified atom stereocenters. The van der Waals surface area contributed by atoms with Crippen molar-refractivity contribution in [2.75, 3.05) is 13.1 Å². The first-order valence-electron chi connectivity index (χ1n) is 9.32. The lowest BCUT2D eigenvalue weighted by Crippen LogP contribution is -2.39. The molecular formula is C21H21FN4O2. The third kappa shape index (κ3) is 3.80. The van der Waals surface area contributed by atoms with E-state index in [2.05, 4.69) is 10.1 Å². The quantitative estimate of drug-likeness (QED) is 0.750. The van der Waals surface area contributed by atoms with Gasteiger partial charge in [0.2, 0.25) is 11.7 Å². The first-order chi connectivity index (χ1) is 13.6. The molecule has 2 aromatic carbocycles. The fourth-order valence-electron chi connectivity index (χ4n) is 3.45. The molecule has 0 radical (unpaired) electrons. The van der Waals surface area contributed by atoms with Crippen LogP contribution in [-0.2, 0) is 6.54 Å². The van der Waals surface area contributed by atoms with Crippen molar-refractivity contribution in [3.8, 4) is 11.4 Å². The third-order valence-corrected chi connectivity index (χ3v) is 5.04. The van der Waals surface area contributed by atoms with E-state index in [4.69, 9.17) is 10.3 Å². The van der Waals surface area contributed by atoms with Crippen LogP contribution in [0.5, 0.6) is 0 Å². The van der Waals surface area contributed by atoms with E-state index in [9.17, 15) is 9.18 Å². The molecule has 1 aromatic heterocycles. The maximum atomic E-state index is 13.1. The number of rotatable bonds is 4. The number of amides is 1. The minimum Gasteiger partial charge on any atom is -0.339 e. The molecule has 1 atom stereocenters. The highest BCUT2D eigenvalue weighted by Crippen LogP contribution is 2.28. The van der Waals surface area contributed by atoms with Crippen molar-refractivity contribution >= 4 is 5.91 Å². The maximum Gasteiger partial charge on any atom is 0.253 e. The van der Waals surface area contributed by atoms with Crippen LogP contribution in [0.4, 0.5) is 4.39 Å². The maximum absolute atomic E-state index is 13.1. The normalized spacial score (nSPS) is 16.9. The summed E-state index contributed by atoms with van der Waals surface area (Å²) in [6.45, 7) is 1.65. The number of nitrogens with zero attached hydrogens (tertiary/aromatic N) is 3. The fourth-order valence-corrected chi connectivity index (χ4v) is 3.45. The zero-order chi connectivity index (χ0) is 19.5. The molecule has 28 heavy (non-hydrogen) atoms. The summed E-state index contributed by atoms with van der Waals surface area (Å²) < 4.78 is 18.6. The Bertz CT molecular complexity index is 953. The lowest BCUT2D eigenvalue weighted by molar-refractivity contribution is 0.0695. The van der Waals surface area contributed by atoms with E-state index in [0.29, 0.717) is 36.9 Å². The van der Waals surface area contributed by atoms with Crippen LogP contribution in [0, 0.1) is 5.82 Å². The monoisotopic (exact) mass is 380 g/mol. The Morgan fingerprint density at radius 1 is 1.18 bits per heavy atom. The molecule has 2 N–H and O–H groups in total. The summed E-state index contributed by atoms with van der Waals surface area (Å²) >= 11 is 0. The summed E-state index contributed by atoms with van der Waals surface area (Å²) in [5.74, 6) is 0.588. The largest absolute Gasteiger partial charge is 0.339 e. The molecule has 4 rings (SSSR count). The second-order valence-corrected chi connectivity index (χ2v) is 6.95. The van der Waals surface area contributed by atoms with E-state index >= 15 is 0 Å². The van der Waals surface area contributed by atoms with Gasteiger partial charge in [0.05, 0.1) is 5.92 Å². The van der Waals surface area contributed by atoms with Crippen molar-refractivity contribution in [1.29, 1.82) is 0 Å². The van der Waals surface area contributed by atoms with Gasteiger partial charge in [-0.25, -0.2) is 4.39 Å². The lowest BCUT2D eigenvalue weighted by atomic mass is 9.97. The number of hydrogen-bond donors (Lipinski definition) is 1. The molecule has 3 aromatic rings. The van der Waals surface area contributed by atoms with Gasteiger partial charge in [-0.15, -0.1) is 0 Å². The Balaban J connectivity index is 1.48. The predicted octanol–water partition coefficient (Wildman–Crippen LogP) is 3.35. The number of aromatic nitrogens is 2. The average molecular weight is 380 g/mol. The molecule has 0 aliphatic carbocycles. The van der Waals surface area contributed by atoms with E-state index < -0.39 is 0 Å². The Hall–Kier alpha value is -3.06. The number of benzene rings is 2. The van der Waals surface area contributed by atoms with E-state index in [1.54, 1.807) is 4.90 Å². The molecule has 1 aliphatic rings. The molecule has 1 aliphatic heterocycles. The molecule has 0 spiro atoms. The van der Waals surface area contributed by atoms with E-state index in [1.165, 1.54) is 24.3 Å². The minimum atomic E-state index is -0.356. The van der Waals surface area contributed by atoms with Crippen molar-refractivity contribution in [3.63, 3.8) is 0 Å². The summed E-state index contributed by atoms with van der Waals surface area (Å²) in [6.07, 6.45) is 1.72. The third-order valence-electron chi connectivity index (χ3n) is 5.04. The van der Waals surface area contributed by atoms with Gasteiger partial charge in [0.15, 0.2) is 0 Å². The van der Waals surface area contributed by atoms with Crippen molar-refractivity contribution in [2.24, 2.45) is 5.73 Å². The zero-order valence-electron chi connectivity index (χ0n) is 15.3. The molecule has 6 nitrogen and oxygen atoms in total. The Labute approximate surface area is 162 Å². The van der Waals surface area contributed by atoms with E-state index in [0.717, 1.165) is 24.0 Å². The van der Waals surface area contributed by atoms with Crippen LogP contribution < -0.4 is 5.73 Å². The van der Waals surface area contributed by atoms with Gasteiger partial charge in [-0.05, 0) is 42.7 Å². The molecule has 1 saturated heterocycles. The van der Waals surface area contributed by atoms with Gasteiger partial charge in [0.1, 0.15) is 5.82 Å². The SMILES string of the molecule is NCc1ccc(-c2noc(C3CCCN(C(=O)c4ccc(F)cc4)C3)n2)cc1. The number of nitrogens with two attached hydrogens (primary N) is 1. The van der Waals surface area contributed by atoms with Crippen molar-refractivity contribution in [1.82, 2.24) is 15.0 Å². The van der Waals surface area contributed by atoms with Gasteiger partial charge in [-0.2, -0.15) is 4.98 Å². The van der Waals surface area contributed by atoms with Crippen LogP contribution in [0.1, 0.15) is 40.6 Å². The van der Waals surface area contributed by atoms with Crippen LogP contribution in [0.2, 0.25) is 0 Å². The first kappa shape index (κ1) is 18.3. The molecule has 0 saturated carbocycles. The highest BCUT2D eigenvalue weighted by molar-refractivity contribution is 5.94. The fraction of sp³-hybridized carbons (Fsp3) is 0.286. The number of halogens is 1. The van der Waals surface area contributed by atoms with Gasteiger partial charge in [-0.3, -0.25) is 4.79 Å². The van der Waals surface area contributed by atoms with E-state index in [1.807, 2.05) is 24.3 Å². The van der Waals surface area contributed by atoms with Crippen molar-refractivity contribution in [2.45, 2.75) is 25.3 Å². The van der Waals surface area contributed by atoms with Crippen molar-refractivity contribution < 1.29 is 13.7 Å². The number of piperidine rings is 1. The molecular weight excluding hydrogens is 359 g/mol. The van der Waals surface area contributed by atoms with Gasteiger partial charge in [0.25, 0.3) is 5.91 Å². The van der Waals surface area contributed by atoms with Crippen LogP contribution in [0.15, 0.2) is 53.1 Å². The standard InChI is InChI=1S/C21H21FN4O2/c22-18-9-7-16(8-10-18)21(27)26-11-1-2-17(13-26)20-24-19(25-28-20)15-5-3-14(12-23)4-6-15/h3-10,17H,1-2,11-13,23H2. The van der Waals surface area contributed by atoms with Crippen LogP contribution in [0.3, 0.4) is 0 Å². The lowest BCUT2D eigenvalue weighted by Gasteiger charge is -2.31. The van der Waals surface area contributed by atoms with Crippen LogP contribution in [0.25, 0.3) is 11.4 Å². The summed E-state index contributed by atoms with van der Waals surface area (Å²) in [5, 5.41) is 4.09. The van der Waals surface area contributed by atoms with Gasteiger partial charge >= 0.3 is 0 Å². The number of hydrogen-bond acceptors (Lipinski definition) is 5. The summed E-state index contributed by atoms with van der Waals surface area (Å²) in [7, 11) is 0. The number of likely N-dealkylation sites (tertiary alicyclic amines) is 1. The molecule has 2 heterocycles. The number of carbonyl (C=O) groups is 1. The van der Waals surface area contributed by atoms with Gasteiger partial charge < -0.3 is 15.2 Å². The summed E-state index contributed by atoms with van der Waals surface area (Å²) in [6, 6.07) is 13.3. The summed E-state index contributed by atoms with van der Waals surface area (Å²) in [5.41, 5.74) is 8.01. The highest BCUT2D eigenvalue weighted by atomic mass is 19.1. The second kappa shape index (κ2) is 7.90. The Morgan fingerprint density at radius 2 is 1.93 bits per heavy atom. The molecule has 7 heteroatoms. The Morgan fingerprint density at radius 3 is 2.64 bits per heavy atom. The van der Waals surface area contributed by atoms with Crippen LogP contribution >= 0.6 is 0 Å². The van der Waals surface area contributed by atoms with Gasteiger partial charge in [-0.1, -0.05) is 29.4 Å². The van der Waals surface area contributed by atoms with Crippen molar-refractivity contribution in [3.05, 3.63) is 71.4 Å². The Kier molecular flexibility index (Phi) is 5.16. The summed E-state index contributed by atoms with van der Waals surface area (Å²) in [4.78, 5) is 19.0. The van der Waals surface area contributed by atoms with Crippen LogP contribution in [-0.4, -0.2) is 34.0 Å². The van der Waals surface area contributed by atoms with Gasteiger partial charge in [0, 0.05) is 30.8 Å². The molecule has 144 valence electrons. The highest BCUT2D eigenvalue weighted by Gasteiger charge is 2.29. The topological polar surface area (TPSA) is 85.2 Å². The average Bonchev–Trinajstić information content (AvgIpc) is 3.24.